The number of nitrogens with one attached hydrogen (secondary N) is 2. The minimum absolute atomic E-state index is 0.0229. The topological polar surface area (TPSA) is 53.5 Å². The summed E-state index contributed by atoms with van der Waals surface area (Å²) in [5.74, 6) is 1.93. The van der Waals surface area contributed by atoms with Gasteiger partial charge in [-0.3, -0.25) is 9.79 Å². The quantitative estimate of drug-likeness (QED) is 0.831. The number of nitrogens with zero attached hydrogens (tertiary/aromatic N) is 1. The summed E-state index contributed by atoms with van der Waals surface area (Å²) in [6.07, 6.45) is 6.10. The van der Waals surface area contributed by atoms with E-state index in [0.29, 0.717) is 0 Å². The molecule has 0 aromatic heterocycles. The Morgan fingerprint density at radius 1 is 1.63 bits per heavy atom. The highest BCUT2D eigenvalue weighted by Gasteiger charge is 2.40. The van der Waals surface area contributed by atoms with E-state index in [-0.39, 0.29) is 18.0 Å². The Bertz CT molecular complexity index is 359. The lowest BCUT2D eigenvalue weighted by Gasteiger charge is -2.36. The van der Waals surface area contributed by atoms with Gasteiger partial charge >= 0.3 is 0 Å². The van der Waals surface area contributed by atoms with E-state index >= 15 is 0 Å². The molecule has 0 bridgehead atoms. The number of rotatable bonds is 4. The van der Waals surface area contributed by atoms with Crippen LogP contribution in [0.15, 0.2) is 4.99 Å². The molecule has 2 rings (SSSR count). The number of carbonyl (C=O) groups excluding carboxylic acids is 1. The van der Waals surface area contributed by atoms with Gasteiger partial charge in [-0.05, 0) is 25.2 Å². The van der Waals surface area contributed by atoms with Crippen molar-refractivity contribution < 1.29 is 4.79 Å². The fourth-order valence-corrected chi connectivity index (χ4v) is 4.15. The lowest BCUT2D eigenvalue weighted by atomic mass is 9.78. The highest BCUT2D eigenvalue weighted by Crippen LogP contribution is 2.38. The number of carbonyl (C=O) groups is 1. The predicted molar refractivity (Wildman–Crippen MR) is 81.6 cm³/mol. The van der Waals surface area contributed by atoms with Crippen molar-refractivity contribution in [2.75, 3.05) is 18.8 Å². The minimum Gasteiger partial charge on any atom is -0.359 e. The second-order valence-electron chi connectivity index (χ2n) is 5.87. The Morgan fingerprint density at radius 3 is 3.21 bits per heavy atom. The van der Waals surface area contributed by atoms with E-state index in [1.165, 1.54) is 25.7 Å². The Kier molecular flexibility index (Phi) is 5.13. The third-order valence-corrected chi connectivity index (χ3v) is 5.09. The highest BCUT2D eigenvalue weighted by molar-refractivity contribution is 8.14. The molecule has 0 radical (unpaired) electrons. The van der Waals surface area contributed by atoms with Crippen LogP contribution in [0.4, 0.5) is 0 Å². The molecule has 1 amide bonds. The van der Waals surface area contributed by atoms with Gasteiger partial charge in [-0.2, -0.15) is 0 Å². The van der Waals surface area contributed by atoms with E-state index < -0.39 is 0 Å². The summed E-state index contributed by atoms with van der Waals surface area (Å²) in [5.41, 5.74) is 0.251. The third kappa shape index (κ3) is 4.13. The average Bonchev–Trinajstić information content (AvgIpc) is 2.76. The Morgan fingerprint density at radius 2 is 2.47 bits per heavy atom. The number of thioether (sulfide) groups is 1. The van der Waals surface area contributed by atoms with Crippen LogP contribution < -0.4 is 10.6 Å². The molecule has 0 aromatic carbocycles. The van der Waals surface area contributed by atoms with Crippen LogP contribution in [-0.4, -0.2) is 35.5 Å². The molecule has 2 N–H and O–H groups in total. The van der Waals surface area contributed by atoms with Gasteiger partial charge in [-0.1, -0.05) is 38.5 Å². The van der Waals surface area contributed by atoms with Crippen LogP contribution >= 0.6 is 11.8 Å². The van der Waals surface area contributed by atoms with Crippen LogP contribution in [0.3, 0.4) is 0 Å². The van der Waals surface area contributed by atoms with Crippen molar-refractivity contribution in [3.05, 3.63) is 0 Å². The molecule has 1 aliphatic heterocycles. The summed E-state index contributed by atoms with van der Waals surface area (Å²) in [7, 11) is 0. The minimum atomic E-state index is 0.0229. The van der Waals surface area contributed by atoms with Crippen molar-refractivity contribution in [1.29, 1.82) is 0 Å². The molecule has 2 aliphatic rings. The van der Waals surface area contributed by atoms with Gasteiger partial charge in [-0.15, -0.1) is 0 Å². The molecule has 1 heterocycles. The molecule has 1 spiro atoms. The monoisotopic (exact) mass is 283 g/mol. The van der Waals surface area contributed by atoms with Gasteiger partial charge in [0.15, 0.2) is 5.17 Å². The standard InChI is InChI=1S/C14H25N3OS/c1-3-7-15-12(18)9-16-13-17-14(10-19-13)6-4-5-11(2)8-14/h11H,3-10H2,1-2H3,(H,15,18)(H,16,17). The van der Waals surface area contributed by atoms with E-state index in [9.17, 15) is 4.79 Å². The summed E-state index contributed by atoms with van der Waals surface area (Å²) >= 11 is 1.77. The van der Waals surface area contributed by atoms with E-state index in [2.05, 4.69) is 29.5 Å². The molecule has 5 heteroatoms. The van der Waals surface area contributed by atoms with Crippen molar-refractivity contribution in [3.63, 3.8) is 0 Å². The maximum Gasteiger partial charge on any atom is 0.241 e. The fraction of sp³-hybridized carbons (Fsp3) is 0.857. The number of hydrogen-bond acceptors (Lipinski definition) is 3. The molecule has 2 fully saturated rings. The molecule has 4 nitrogen and oxygen atoms in total. The van der Waals surface area contributed by atoms with E-state index in [1.54, 1.807) is 11.8 Å². The number of aliphatic imine (C=N–C) groups is 1. The summed E-state index contributed by atoms with van der Waals surface area (Å²) in [6.45, 7) is 5.38. The van der Waals surface area contributed by atoms with Crippen LogP contribution in [-0.2, 0) is 4.79 Å². The summed E-state index contributed by atoms with van der Waals surface area (Å²) in [5, 5.41) is 7.39. The molecule has 19 heavy (non-hydrogen) atoms. The SMILES string of the molecule is CCCNC(=O)CN=C1NC2(CCCC(C)C2)CS1. The number of amides is 1. The van der Waals surface area contributed by atoms with E-state index in [4.69, 9.17) is 0 Å². The molecule has 1 saturated heterocycles. The fourth-order valence-electron chi connectivity index (χ4n) is 2.96. The first-order chi connectivity index (χ1) is 9.13. The van der Waals surface area contributed by atoms with Crippen molar-refractivity contribution in [2.45, 2.75) is 51.5 Å². The van der Waals surface area contributed by atoms with Crippen LogP contribution in [0.25, 0.3) is 0 Å². The van der Waals surface area contributed by atoms with Gasteiger partial charge in [0.2, 0.25) is 5.91 Å². The lowest BCUT2D eigenvalue weighted by Crippen LogP contribution is -2.47. The molecule has 1 aliphatic carbocycles. The van der Waals surface area contributed by atoms with E-state index in [0.717, 1.165) is 29.8 Å². The second kappa shape index (κ2) is 6.64. The van der Waals surface area contributed by atoms with Crippen molar-refractivity contribution in [2.24, 2.45) is 10.9 Å². The molecular formula is C14H25N3OS. The highest BCUT2D eigenvalue weighted by atomic mass is 32.2. The van der Waals surface area contributed by atoms with Crippen molar-refractivity contribution >= 4 is 22.8 Å². The molecule has 2 atom stereocenters. The smallest absolute Gasteiger partial charge is 0.241 e. The zero-order valence-electron chi connectivity index (χ0n) is 12.0. The van der Waals surface area contributed by atoms with Crippen LogP contribution in [0.2, 0.25) is 0 Å². The van der Waals surface area contributed by atoms with Gasteiger partial charge in [0, 0.05) is 17.8 Å². The Hall–Kier alpha value is -0.710. The van der Waals surface area contributed by atoms with Crippen LogP contribution in [0.1, 0.15) is 46.0 Å². The van der Waals surface area contributed by atoms with Gasteiger partial charge in [0.1, 0.15) is 6.54 Å². The molecule has 2 unspecified atom stereocenters. The maximum absolute atomic E-state index is 11.5. The molecular weight excluding hydrogens is 258 g/mol. The summed E-state index contributed by atoms with van der Waals surface area (Å²) in [6, 6.07) is 0. The first kappa shape index (κ1) is 14.7. The maximum atomic E-state index is 11.5. The average molecular weight is 283 g/mol. The molecule has 108 valence electrons. The summed E-state index contributed by atoms with van der Waals surface area (Å²) < 4.78 is 0. The lowest BCUT2D eigenvalue weighted by molar-refractivity contribution is -0.119. The zero-order chi connectivity index (χ0) is 13.7. The van der Waals surface area contributed by atoms with Gasteiger partial charge in [0.05, 0.1) is 0 Å². The molecule has 1 saturated carbocycles. The Labute approximate surface area is 120 Å². The van der Waals surface area contributed by atoms with Crippen molar-refractivity contribution in [3.8, 4) is 0 Å². The predicted octanol–water partition coefficient (Wildman–Crippen LogP) is 2.15. The van der Waals surface area contributed by atoms with Crippen LogP contribution in [0.5, 0.6) is 0 Å². The number of amidine groups is 1. The molecule has 0 aromatic rings. The van der Waals surface area contributed by atoms with E-state index in [1.807, 2.05) is 0 Å². The van der Waals surface area contributed by atoms with Gasteiger partial charge in [-0.25, -0.2) is 0 Å². The zero-order valence-corrected chi connectivity index (χ0v) is 12.8. The Balaban J connectivity index is 1.82. The normalized spacial score (nSPS) is 32.5. The van der Waals surface area contributed by atoms with Crippen molar-refractivity contribution in [1.82, 2.24) is 10.6 Å². The first-order valence-corrected chi connectivity index (χ1v) is 8.34. The third-order valence-electron chi connectivity index (χ3n) is 3.89. The van der Waals surface area contributed by atoms with Gasteiger partial charge in [0.25, 0.3) is 0 Å². The van der Waals surface area contributed by atoms with Crippen LogP contribution in [0, 0.1) is 5.92 Å². The number of hydrogen-bond donors (Lipinski definition) is 2. The second-order valence-corrected chi connectivity index (χ2v) is 6.83. The largest absolute Gasteiger partial charge is 0.359 e. The van der Waals surface area contributed by atoms with Gasteiger partial charge < -0.3 is 10.6 Å². The summed E-state index contributed by atoms with van der Waals surface area (Å²) in [4.78, 5) is 15.9. The first-order valence-electron chi connectivity index (χ1n) is 7.36.